The van der Waals surface area contributed by atoms with E-state index in [9.17, 15) is 18.4 Å². The zero-order valence-corrected chi connectivity index (χ0v) is 9.84. The lowest BCUT2D eigenvalue weighted by Crippen LogP contribution is -2.34. The molecule has 0 saturated heterocycles. The van der Waals surface area contributed by atoms with E-state index in [1.54, 1.807) is 6.92 Å². The zero-order chi connectivity index (χ0) is 13.0. The molecule has 0 unspecified atom stereocenters. The summed E-state index contributed by atoms with van der Waals surface area (Å²) >= 11 is 0.784. The van der Waals surface area contributed by atoms with Gasteiger partial charge in [-0.15, -0.1) is 11.3 Å². The van der Waals surface area contributed by atoms with Crippen molar-refractivity contribution in [1.82, 2.24) is 4.90 Å². The fourth-order valence-corrected chi connectivity index (χ4v) is 2.06. The molecule has 1 rings (SSSR count). The molecule has 1 aromatic rings. The molecule has 0 atom stereocenters. The number of rotatable bonds is 5. The third-order valence-electron chi connectivity index (χ3n) is 2.05. The van der Waals surface area contributed by atoms with Crippen LogP contribution in [0.3, 0.4) is 0 Å². The van der Waals surface area contributed by atoms with Gasteiger partial charge in [0, 0.05) is 6.54 Å². The van der Waals surface area contributed by atoms with Crippen LogP contribution in [0, 0.1) is 0 Å². The largest absolute Gasteiger partial charge is 0.477 e. The maximum atomic E-state index is 12.2. The third-order valence-corrected chi connectivity index (χ3v) is 3.12. The molecule has 0 aliphatic rings. The van der Waals surface area contributed by atoms with Gasteiger partial charge >= 0.3 is 5.97 Å². The second kappa shape index (κ2) is 5.72. The molecule has 0 spiro atoms. The molecule has 1 N–H and O–H groups in total. The van der Waals surface area contributed by atoms with Gasteiger partial charge in [0.15, 0.2) is 0 Å². The molecule has 1 amide bonds. The fraction of sp³-hybridized carbons (Fsp3) is 0.400. The predicted octanol–water partition coefficient (Wildman–Crippen LogP) is 2.17. The minimum absolute atomic E-state index is 0.0152. The fourth-order valence-electron chi connectivity index (χ4n) is 1.25. The van der Waals surface area contributed by atoms with Crippen LogP contribution in [0.4, 0.5) is 8.78 Å². The van der Waals surface area contributed by atoms with Gasteiger partial charge in [0.05, 0.1) is 11.4 Å². The number of nitrogens with zero attached hydrogens (tertiary/aromatic N) is 1. The average Bonchev–Trinajstić information content (AvgIpc) is 2.73. The minimum Gasteiger partial charge on any atom is -0.477 e. The highest BCUT2D eigenvalue weighted by Crippen LogP contribution is 2.18. The van der Waals surface area contributed by atoms with Crippen molar-refractivity contribution in [2.75, 3.05) is 13.1 Å². The number of amides is 1. The summed E-state index contributed by atoms with van der Waals surface area (Å²) < 4.78 is 24.4. The van der Waals surface area contributed by atoms with Crippen LogP contribution in [0.15, 0.2) is 12.1 Å². The van der Waals surface area contributed by atoms with Crippen LogP contribution >= 0.6 is 11.3 Å². The van der Waals surface area contributed by atoms with Gasteiger partial charge in [-0.1, -0.05) is 0 Å². The number of halogens is 2. The summed E-state index contributed by atoms with van der Waals surface area (Å²) in [6, 6.07) is 2.63. The summed E-state index contributed by atoms with van der Waals surface area (Å²) in [5.74, 6) is -1.70. The van der Waals surface area contributed by atoms with E-state index >= 15 is 0 Å². The van der Waals surface area contributed by atoms with Crippen LogP contribution in [0.1, 0.15) is 26.3 Å². The highest BCUT2D eigenvalue weighted by atomic mass is 32.1. The van der Waals surface area contributed by atoms with Crippen molar-refractivity contribution < 1.29 is 23.5 Å². The first kappa shape index (κ1) is 13.6. The lowest BCUT2D eigenvalue weighted by molar-refractivity contribution is 0.0573. The molecule has 17 heavy (non-hydrogen) atoms. The molecule has 7 heteroatoms. The molecule has 94 valence electrons. The molecule has 4 nitrogen and oxygen atoms in total. The minimum atomic E-state index is -2.60. The van der Waals surface area contributed by atoms with Gasteiger partial charge in [0.25, 0.3) is 12.3 Å². The maximum Gasteiger partial charge on any atom is 0.345 e. The molecule has 0 aliphatic heterocycles. The van der Waals surface area contributed by atoms with Crippen molar-refractivity contribution in [3.63, 3.8) is 0 Å². The topological polar surface area (TPSA) is 57.6 Å². The molecule has 0 bridgehead atoms. The van der Waals surface area contributed by atoms with Gasteiger partial charge in [0.2, 0.25) is 0 Å². The van der Waals surface area contributed by atoms with E-state index in [4.69, 9.17) is 5.11 Å². The van der Waals surface area contributed by atoms with Crippen LogP contribution in [-0.4, -0.2) is 41.4 Å². The Morgan fingerprint density at radius 1 is 1.41 bits per heavy atom. The standard InChI is InChI=1S/C10H11F2NO3S/c1-2-13(5-8(11)12)9(14)6-3-4-7(17-6)10(15)16/h3-4,8H,2,5H2,1H3,(H,15,16). The maximum absolute atomic E-state index is 12.2. The molecule has 1 heterocycles. The van der Waals surface area contributed by atoms with Gasteiger partial charge in [-0.05, 0) is 19.1 Å². The Kier molecular flexibility index (Phi) is 4.56. The van der Waals surface area contributed by atoms with E-state index in [0.717, 1.165) is 16.2 Å². The van der Waals surface area contributed by atoms with E-state index < -0.39 is 24.8 Å². The van der Waals surface area contributed by atoms with Gasteiger partial charge in [0.1, 0.15) is 4.88 Å². The summed E-state index contributed by atoms with van der Waals surface area (Å²) in [6.45, 7) is 1.10. The second-order valence-corrected chi connectivity index (χ2v) is 4.29. The number of hydrogen-bond acceptors (Lipinski definition) is 3. The van der Waals surface area contributed by atoms with E-state index in [1.165, 1.54) is 12.1 Å². The smallest absolute Gasteiger partial charge is 0.345 e. The molecule has 0 fully saturated rings. The van der Waals surface area contributed by atoms with Crippen LogP contribution in [0.2, 0.25) is 0 Å². The first-order valence-corrected chi connectivity index (χ1v) is 5.68. The molecule has 0 saturated carbocycles. The van der Waals surface area contributed by atoms with Gasteiger partial charge in [-0.25, -0.2) is 13.6 Å². The quantitative estimate of drug-likeness (QED) is 0.885. The average molecular weight is 263 g/mol. The first-order valence-electron chi connectivity index (χ1n) is 4.86. The van der Waals surface area contributed by atoms with E-state index in [0.29, 0.717) is 0 Å². The number of thiophene rings is 1. The summed E-state index contributed by atoms with van der Waals surface area (Å²) in [7, 11) is 0. The van der Waals surface area contributed by atoms with E-state index in [-0.39, 0.29) is 16.3 Å². The predicted molar refractivity (Wildman–Crippen MR) is 58.9 cm³/mol. The number of aromatic carboxylic acids is 1. The number of carbonyl (C=O) groups is 2. The Hall–Kier alpha value is -1.50. The van der Waals surface area contributed by atoms with Crippen molar-refractivity contribution in [2.24, 2.45) is 0 Å². The van der Waals surface area contributed by atoms with Crippen molar-refractivity contribution in [3.05, 3.63) is 21.9 Å². The summed E-state index contributed by atoms with van der Waals surface area (Å²) in [5.41, 5.74) is 0. The van der Waals surface area contributed by atoms with E-state index in [2.05, 4.69) is 0 Å². The van der Waals surface area contributed by atoms with Crippen LogP contribution in [0.5, 0.6) is 0 Å². The lowest BCUT2D eigenvalue weighted by atomic mass is 10.3. The summed E-state index contributed by atoms with van der Waals surface area (Å²) in [6.07, 6.45) is -2.60. The Balaban J connectivity index is 2.82. The third kappa shape index (κ3) is 3.48. The monoisotopic (exact) mass is 263 g/mol. The van der Waals surface area contributed by atoms with Crippen LogP contribution in [0.25, 0.3) is 0 Å². The van der Waals surface area contributed by atoms with Gasteiger partial charge in [-0.3, -0.25) is 4.79 Å². The number of hydrogen-bond donors (Lipinski definition) is 1. The van der Waals surface area contributed by atoms with Gasteiger partial charge < -0.3 is 10.0 Å². The second-order valence-electron chi connectivity index (χ2n) is 3.20. The zero-order valence-electron chi connectivity index (χ0n) is 9.02. The normalized spacial score (nSPS) is 10.6. The molecule has 0 aliphatic carbocycles. The molecule has 1 aromatic heterocycles. The van der Waals surface area contributed by atoms with Crippen molar-refractivity contribution in [1.29, 1.82) is 0 Å². The van der Waals surface area contributed by atoms with E-state index in [1.807, 2.05) is 0 Å². The van der Waals surface area contributed by atoms with Crippen LogP contribution < -0.4 is 0 Å². The number of carboxylic acid groups (broad SMARTS) is 1. The highest BCUT2D eigenvalue weighted by Gasteiger charge is 2.20. The number of carbonyl (C=O) groups excluding carboxylic acids is 1. The summed E-state index contributed by atoms with van der Waals surface area (Å²) in [4.78, 5) is 23.5. The number of alkyl halides is 2. The van der Waals surface area contributed by atoms with Crippen LogP contribution in [-0.2, 0) is 0 Å². The number of carboxylic acids is 1. The Bertz CT molecular complexity index is 419. The molecular formula is C10H11F2NO3S. The summed E-state index contributed by atoms with van der Waals surface area (Å²) in [5, 5.41) is 8.69. The lowest BCUT2D eigenvalue weighted by Gasteiger charge is -2.19. The Labute approximate surface area is 100 Å². The Morgan fingerprint density at radius 2 is 2.00 bits per heavy atom. The molecular weight excluding hydrogens is 252 g/mol. The van der Waals surface area contributed by atoms with Crippen molar-refractivity contribution in [2.45, 2.75) is 13.3 Å². The highest BCUT2D eigenvalue weighted by molar-refractivity contribution is 7.15. The van der Waals surface area contributed by atoms with Crippen molar-refractivity contribution >= 4 is 23.2 Å². The Morgan fingerprint density at radius 3 is 2.41 bits per heavy atom. The molecule has 0 radical (unpaired) electrons. The molecule has 0 aromatic carbocycles. The SMILES string of the molecule is CCN(CC(F)F)C(=O)c1ccc(C(=O)O)s1. The first-order chi connectivity index (χ1) is 7.95. The van der Waals surface area contributed by atoms with Gasteiger partial charge in [-0.2, -0.15) is 0 Å². The van der Waals surface area contributed by atoms with Crippen molar-refractivity contribution in [3.8, 4) is 0 Å².